The van der Waals surface area contributed by atoms with Gasteiger partial charge in [-0.3, -0.25) is 19.3 Å². The van der Waals surface area contributed by atoms with Crippen molar-refractivity contribution in [2.24, 2.45) is 5.92 Å². The molecule has 3 amide bonds. The monoisotopic (exact) mass is 434 g/mol. The van der Waals surface area contributed by atoms with Crippen molar-refractivity contribution in [3.8, 4) is 0 Å². The van der Waals surface area contributed by atoms with Crippen molar-refractivity contribution in [3.05, 3.63) is 65.7 Å². The van der Waals surface area contributed by atoms with E-state index in [2.05, 4.69) is 10.2 Å². The SMILES string of the molecule is Cc1ccc(N2CC(C(=O)N3CCN(CC(=O)NCc4ccccc4)CC3)CC2=O)cc1. The first-order valence-corrected chi connectivity index (χ1v) is 11.2. The fraction of sp³-hybridized carbons (Fsp3) is 0.400. The predicted molar refractivity (Wildman–Crippen MR) is 123 cm³/mol. The average molecular weight is 435 g/mol. The molecule has 2 fully saturated rings. The number of nitrogens with zero attached hydrogens (tertiary/aromatic N) is 3. The molecule has 2 aliphatic rings. The minimum atomic E-state index is -0.301. The van der Waals surface area contributed by atoms with Crippen LogP contribution in [0.3, 0.4) is 0 Å². The van der Waals surface area contributed by atoms with Gasteiger partial charge in [0.05, 0.1) is 12.5 Å². The predicted octanol–water partition coefficient (Wildman–Crippen LogP) is 1.81. The Bertz CT molecular complexity index is 953. The molecule has 1 unspecified atom stereocenters. The Morgan fingerprint density at radius 3 is 2.34 bits per heavy atom. The average Bonchev–Trinajstić information content (AvgIpc) is 3.20. The molecule has 0 aliphatic carbocycles. The molecule has 1 atom stereocenters. The number of hydrogen-bond acceptors (Lipinski definition) is 4. The van der Waals surface area contributed by atoms with Gasteiger partial charge in [0.25, 0.3) is 0 Å². The summed E-state index contributed by atoms with van der Waals surface area (Å²) < 4.78 is 0. The highest BCUT2D eigenvalue weighted by atomic mass is 16.2. The first-order chi connectivity index (χ1) is 15.5. The van der Waals surface area contributed by atoms with Crippen LogP contribution in [-0.4, -0.2) is 66.8 Å². The van der Waals surface area contributed by atoms with Crippen molar-refractivity contribution < 1.29 is 14.4 Å². The third-order valence-corrected chi connectivity index (χ3v) is 6.20. The number of carbonyl (C=O) groups excluding carboxylic acids is 3. The molecule has 0 saturated carbocycles. The minimum absolute atomic E-state index is 0.000858. The summed E-state index contributed by atoms with van der Waals surface area (Å²) in [6.07, 6.45) is 0.259. The summed E-state index contributed by atoms with van der Waals surface area (Å²) in [5.41, 5.74) is 3.06. The largest absolute Gasteiger partial charge is 0.351 e. The lowest BCUT2D eigenvalue weighted by Gasteiger charge is -2.35. The highest BCUT2D eigenvalue weighted by Gasteiger charge is 2.38. The van der Waals surface area contributed by atoms with Crippen LogP contribution in [0.5, 0.6) is 0 Å². The van der Waals surface area contributed by atoms with E-state index in [1.807, 2.05) is 66.4 Å². The van der Waals surface area contributed by atoms with Gasteiger partial charge in [0.15, 0.2) is 0 Å². The van der Waals surface area contributed by atoms with Crippen molar-refractivity contribution in [1.82, 2.24) is 15.1 Å². The van der Waals surface area contributed by atoms with Crippen molar-refractivity contribution in [2.75, 3.05) is 44.2 Å². The van der Waals surface area contributed by atoms with E-state index in [-0.39, 0.29) is 30.1 Å². The molecule has 0 aromatic heterocycles. The van der Waals surface area contributed by atoms with E-state index in [0.717, 1.165) is 16.8 Å². The van der Waals surface area contributed by atoms with Gasteiger partial charge in [0.1, 0.15) is 0 Å². The zero-order chi connectivity index (χ0) is 22.5. The Labute approximate surface area is 189 Å². The Kier molecular flexibility index (Phi) is 6.85. The second kappa shape index (κ2) is 9.96. The second-order valence-electron chi connectivity index (χ2n) is 8.60. The number of carbonyl (C=O) groups is 3. The highest BCUT2D eigenvalue weighted by Crippen LogP contribution is 2.27. The van der Waals surface area contributed by atoms with Gasteiger partial charge in [-0.05, 0) is 24.6 Å². The van der Waals surface area contributed by atoms with Gasteiger partial charge < -0.3 is 15.1 Å². The molecule has 2 aromatic carbocycles. The maximum Gasteiger partial charge on any atom is 0.234 e. The van der Waals surface area contributed by atoms with Gasteiger partial charge in [-0.15, -0.1) is 0 Å². The Balaban J connectivity index is 1.22. The highest BCUT2D eigenvalue weighted by molar-refractivity contribution is 6.00. The Morgan fingerprint density at radius 2 is 1.66 bits per heavy atom. The maximum absolute atomic E-state index is 13.0. The summed E-state index contributed by atoms with van der Waals surface area (Å²) in [5, 5.41) is 2.95. The van der Waals surface area contributed by atoms with Crippen LogP contribution in [0.1, 0.15) is 17.5 Å². The van der Waals surface area contributed by atoms with Gasteiger partial charge in [0, 0.05) is 51.4 Å². The molecule has 0 bridgehead atoms. The van der Waals surface area contributed by atoms with Crippen LogP contribution < -0.4 is 10.2 Å². The third kappa shape index (κ3) is 5.34. The van der Waals surface area contributed by atoms with E-state index >= 15 is 0 Å². The first-order valence-electron chi connectivity index (χ1n) is 11.2. The Hall–Kier alpha value is -3.19. The molecule has 2 heterocycles. The Morgan fingerprint density at radius 1 is 0.969 bits per heavy atom. The van der Waals surface area contributed by atoms with E-state index in [9.17, 15) is 14.4 Å². The van der Waals surface area contributed by atoms with E-state index < -0.39 is 0 Å². The molecular weight excluding hydrogens is 404 g/mol. The van der Waals surface area contributed by atoms with Gasteiger partial charge in [0.2, 0.25) is 17.7 Å². The molecule has 32 heavy (non-hydrogen) atoms. The number of piperazine rings is 1. The van der Waals surface area contributed by atoms with Gasteiger partial charge in [-0.25, -0.2) is 0 Å². The summed E-state index contributed by atoms with van der Waals surface area (Å²) in [6.45, 7) is 5.78. The first kappa shape index (κ1) is 22.0. The maximum atomic E-state index is 13.0. The van der Waals surface area contributed by atoms with Crippen molar-refractivity contribution in [3.63, 3.8) is 0 Å². The molecule has 2 aliphatic heterocycles. The number of benzene rings is 2. The van der Waals surface area contributed by atoms with E-state index in [1.165, 1.54) is 0 Å². The molecule has 0 spiro atoms. The number of amides is 3. The van der Waals surface area contributed by atoms with Gasteiger partial charge in [-0.1, -0.05) is 48.0 Å². The quantitative estimate of drug-likeness (QED) is 0.753. The van der Waals surface area contributed by atoms with Crippen LogP contribution in [0.25, 0.3) is 0 Å². The summed E-state index contributed by atoms with van der Waals surface area (Å²) in [6, 6.07) is 17.7. The van der Waals surface area contributed by atoms with E-state index in [0.29, 0.717) is 45.8 Å². The molecular formula is C25H30N4O3. The van der Waals surface area contributed by atoms with E-state index in [1.54, 1.807) is 4.90 Å². The molecule has 4 rings (SSSR count). The second-order valence-corrected chi connectivity index (χ2v) is 8.60. The normalized spacial score (nSPS) is 19.3. The van der Waals surface area contributed by atoms with E-state index in [4.69, 9.17) is 0 Å². The third-order valence-electron chi connectivity index (χ3n) is 6.20. The van der Waals surface area contributed by atoms with Crippen LogP contribution in [0.2, 0.25) is 0 Å². The zero-order valence-electron chi connectivity index (χ0n) is 18.5. The summed E-state index contributed by atoms with van der Waals surface area (Å²) >= 11 is 0. The van der Waals surface area contributed by atoms with Crippen LogP contribution in [0.4, 0.5) is 5.69 Å². The summed E-state index contributed by atoms with van der Waals surface area (Å²) in [4.78, 5) is 43.4. The number of hydrogen-bond donors (Lipinski definition) is 1. The topological polar surface area (TPSA) is 73.0 Å². The van der Waals surface area contributed by atoms with Crippen molar-refractivity contribution in [1.29, 1.82) is 0 Å². The van der Waals surface area contributed by atoms with Crippen LogP contribution >= 0.6 is 0 Å². The van der Waals surface area contributed by atoms with Crippen LogP contribution in [0, 0.1) is 12.8 Å². The minimum Gasteiger partial charge on any atom is -0.351 e. The van der Waals surface area contributed by atoms with Crippen LogP contribution in [0.15, 0.2) is 54.6 Å². The lowest BCUT2D eigenvalue weighted by molar-refractivity contribution is -0.137. The summed E-state index contributed by atoms with van der Waals surface area (Å²) in [5.74, 6) is -0.268. The molecule has 2 saturated heterocycles. The number of nitrogens with one attached hydrogen (secondary N) is 1. The van der Waals surface area contributed by atoms with Crippen molar-refractivity contribution in [2.45, 2.75) is 19.9 Å². The zero-order valence-corrected chi connectivity index (χ0v) is 18.5. The summed E-state index contributed by atoms with van der Waals surface area (Å²) in [7, 11) is 0. The number of aryl methyl sites for hydroxylation is 1. The molecule has 0 radical (unpaired) electrons. The molecule has 1 N–H and O–H groups in total. The fourth-order valence-electron chi connectivity index (χ4n) is 4.29. The lowest BCUT2D eigenvalue weighted by atomic mass is 10.1. The van der Waals surface area contributed by atoms with Gasteiger partial charge >= 0.3 is 0 Å². The van der Waals surface area contributed by atoms with Crippen LogP contribution in [-0.2, 0) is 20.9 Å². The number of rotatable bonds is 6. The molecule has 168 valence electrons. The smallest absolute Gasteiger partial charge is 0.234 e. The van der Waals surface area contributed by atoms with Gasteiger partial charge in [-0.2, -0.15) is 0 Å². The molecule has 2 aromatic rings. The molecule has 7 nitrogen and oxygen atoms in total. The standard InChI is InChI=1S/C25H30N4O3/c1-19-7-9-22(10-8-19)29-17-21(15-24(29)31)25(32)28-13-11-27(12-14-28)18-23(30)26-16-20-5-3-2-4-6-20/h2-10,21H,11-18H2,1H3,(H,26,30). The van der Waals surface area contributed by atoms with Crippen molar-refractivity contribution >= 4 is 23.4 Å². The lowest BCUT2D eigenvalue weighted by Crippen LogP contribution is -2.52. The fourth-order valence-corrected chi connectivity index (χ4v) is 4.29. The molecule has 7 heteroatoms. The number of anilines is 1.